The van der Waals surface area contributed by atoms with Crippen molar-refractivity contribution >= 4 is 11.7 Å². The maximum Gasteiger partial charge on any atom is 0.345 e. The number of benzene rings is 1. The van der Waals surface area contributed by atoms with E-state index in [9.17, 15) is 4.79 Å². The first-order valence-electron chi connectivity index (χ1n) is 4.92. The molecule has 1 aromatic rings. The van der Waals surface area contributed by atoms with Crippen LogP contribution in [0.4, 0.5) is 10.5 Å². The molecule has 1 N–H and O–H groups in total. The molecule has 0 heterocycles. The van der Waals surface area contributed by atoms with E-state index in [4.69, 9.17) is 16.0 Å². The highest BCUT2D eigenvalue weighted by molar-refractivity contribution is 5.88. The van der Waals surface area contributed by atoms with Gasteiger partial charge >= 0.3 is 6.03 Å². The minimum atomic E-state index is -0.357. The Morgan fingerprint density at radius 3 is 2.65 bits per heavy atom. The van der Waals surface area contributed by atoms with Crippen molar-refractivity contribution in [3.05, 3.63) is 24.3 Å². The normalized spacial score (nSPS) is 9.24. The maximum absolute atomic E-state index is 11.4. The van der Waals surface area contributed by atoms with Gasteiger partial charge in [-0.25, -0.2) is 9.86 Å². The molecule has 5 nitrogen and oxygen atoms in total. The molecule has 0 aromatic heterocycles. The second-order valence-corrected chi connectivity index (χ2v) is 3.13. The molecule has 0 fully saturated rings. The minimum absolute atomic E-state index is 0.220. The van der Waals surface area contributed by atoms with Crippen LogP contribution in [0, 0.1) is 12.3 Å². The highest BCUT2D eigenvalue weighted by Crippen LogP contribution is 2.15. The lowest BCUT2D eigenvalue weighted by Crippen LogP contribution is -2.30. The van der Waals surface area contributed by atoms with E-state index in [2.05, 4.69) is 11.2 Å². The fourth-order valence-corrected chi connectivity index (χ4v) is 1.04. The molecule has 0 unspecified atom stereocenters. The van der Waals surface area contributed by atoms with Crippen molar-refractivity contribution < 1.29 is 14.4 Å². The largest absolute Gasteiger partial charge is 0.481 e. The van der Waals surface area contributed by atoms with Crippen LogP contribution in [0.1, 0.15) is 0 Å². The molecule has 0 atom stereocenters. The van der Waals surface area contributed by atoms with Crippen molar-refractivity contribution in [2.45, 2.75) is 0 Å². The summed E-state index contributed by atoms with van der Waals surface area (Å²) in [5.41, 5.74) is 0.645. The summed E-state index contributed by atoms with van der Waals surface area (Å²) in [7, 11) is 2.93. The fourth-order valence-electron chi connectivity index (χ4n) is 1.04. The molecule has 0 bridgehead atoms. The van der Waals surface area contributed by atoms with Gasteiger partial charge in [0.2, 0.25) is 0 Å². The van der Waals surface area contributed by atoms with E-state index in [-0.39, 0.29) is 12.6 Å². The number of carbonyl (C=O) groups is 1. The second-order valence-electron chi connectivity index (χ2n) is 3.13. The number of rotatable bonds is 4. The molecule has 90 valence electrons. The lowest BCUT2D eigenvalue weighted by Gasteiger charge is -2.14. The molecule has 0 spiro atoms. The van der Waals surface area contributed by atoms with E-state index in [1.54, 1.807) is 24.3 Å². The zero-order valence-corrected chi connectivity index (χ0v) is 9.77. The van der Waals surface area contributed by atoms with Gasteiger partial charge in [-0.2, -0.15) is 0 Å². The van der Waals surface area contributed by atoms with Gasteiger partial charge in [0.1, 0.15) is 12.4 Å². The number of nitrogens with one attached hydrogen (secondary N) is 1. The van der Waals surface area contributed by atoms with Crippen molar-refractivity contribution in [1.82, 2.24) is 5.06 Å². The van der Waals surface area contributed by atoms with Crippen LogP contribution in [0.2, 0.25) is 0 Å². The van der Waals surface area contributed by atoms with E-state index in [1.165, 1.54) is 14.2 Å². The summed E-state index contributed by atoms with van der Waals surface area (Å²) in [6.45, 7) is 0.220. The summed E-state index contributed by atoms with van der Waals surface area (Å²) in [5, 5.41) is 3.73. The van der Waals surface area contributed by atoms with Gasteiger partial charge < -0.3 is 10.1 Å². The van der Waals surface area contributed by atoms with E-state index >= 15 is 0 Å². The molecule has 0 saturated heterocycles. The van der Waals surface area contributed by atoms with Crippen LogP contribution in [0.3, 0.4) is 0 Å². The quantitative estimate of drug-likeness (QED) is 0.637. The molecule has 17 heavy (non-hydrogen) atoms. The summed E-state index contributed by atoms with van der Waals surface area (Å²) in [6, 6.07) is 6.52. The Morgan fingerprint density at radius 2 is 2.12 bits per heavy atom. The topological polar surface area (TPSA) is 50.8 Å². The third kappa shape index (κ3) is 4.05. The Balaban J connectivity index is 2.57. The van der Waals surface area contributed by atoms with Gasteiger partial charge in [0.15, 0.2) is 0 Å². The number of amides is 2. The second kappa shape index (κ2) is 6.40. The summed E-state index contributed by atoms with van der Waals surface area (Å²) in [4.78, 5) is 16.2. The number of hydrogen-bond donors (Lipinski definition) is 1. The number of urea groups is 1. The van der Waals surface area contributed by atoms with Gasteiger partial charge in [-0.15, -0.1) is 6.42 Å². The van der Waals surface area contributed by atoms with E-state index < -0.39 is 0 Å². The standard InChI is InChI=1S/C12H14N2O3/c1-4-9-17-11-7-5-10(6-8-11)13-12(15)14(2)16-3/h1,5-8H,9H2,2-3H3,(H,13,15). The molecule has 1 aromatic carbocycles. The summed E-state index contributed by atoms with van der Waals surface area (Å²) in [5.74, 6) is 3.02. The molecule has 0 aliphatic heterocycles. The Hall–Kier alpha value is -2.19. The number of carbonyl (C=O) groups excluding carboxylic acids is 1. The molecule has 1 rings (SSSR count). The lowest BCUT2D eigenvalue weighted by molar-refractivity contribution is -0.0598. The van der Waals surface area contributed by atoms with Crippen molar-refractivity contribution in [2.24, 2.45) is 0 Å². The Bertz CT molecular complexity index is 409. The average molecular weight is 234 g/mol. The van der Waals surface area contributed by atoms with Crippen molar-refractivity contribution in [3.63, 3.8) is 0 Å². The fraction of sp³-hybridized carbons (Fsp3) is 0.250. The number of nitrogens with zero attached hydrogens (tertiary/aromatic N) is 1. The molecule has 0 aliphatic carbocycles. The molecular weight excluding hydrogens is 220 g/mol. The highest BCUT2D eigenvalue weighted by Gasteiger charge is 2.07. The lowest BCUT2D eigenvalue weighted by atomic mass is 10.3. The summed E-state index contributed by atoms with van der Waals surface area (Å²) in [6.07, 6.45) is 5.07. The smallest absolute Gasteiger partial charge is 0.345 e. The Kier molecular flexibility index (Phi) is 4.85. The Morgan fingerprint density at radius 1 is 1.47 bits per heavy atom. The minimum Gasteiger partial charge on any atom is -0.481 e. The van der Waals surface area contributed by atoms with E-state index in [0.29, 0.717) is 11.4 Å². The van der Waals surface area contributed by atoms with Crippen LogP contribution in [0.25, 0.3) is 0 Å². The SMILES string of the molecule is C#CCOc1ccc(NC(=O)N(C)OC)cc1. The maximum atomic E-state index is 11.4. The van der Waals surface area contributed by atoms with Gasteiger partial charge in [0, 0.05) is 12.7 Å². The first kappa shape index (κ1) is 12.9. The third-order valence-electron chi connectivity index (χ3n) is 1.99. The predicted octanol–water partition coefficient (Wildman–Crippen LogP) is 1.72. The van der Waals surface area contributed by atoms with Gasteiger partial charge in [-0.05, 0) is 24.3 Å². The number of hydrogen-bond acceptors (Lipinski definition) is 3. The number of ether oxygens (including phenoxy) is 1. The summed E-state index contributed by atoms with van der Waals surface area (Å²) < 4.78 is 5.20. The van der Waals surface area contributed by atoms with E-state index in [1.807, 2.05) is 0 Å². The first-order valence-corrected chi connectivity index (χ1v) is 4.92. The Labute approximate surface area is 100 Å². The number of terminal acetylenes is 1. The van der Waals surface area contributed by atoms with Crippen LogP contribution in [-0.2, 0) is 4.84 Å². The first-order chi connectivity index (χ1) is 8.17. The van der Waals surface area contributed by atoms with Crippen LogP contribution < -0.4 is 10.1 Å². The van der Waals surface area contributed by atoms with Crippen LogP contribution >= 0.6 is 0 Å². The van der Waals surface area contributed by atoms with Crippen molar-refractivity contribution in [2.75, 3.05) is 26.1 Å². The van der Waals surface area contributed by atoms with Gasteiger partial charge in [-0.1, -0.05) is 5.92 Å². The molecule has 0 radical (unpaired) electrons. The van der Waals surface area contributed by atoms with Gasteiger partial charge in [-0.3, -0.25) is 4.84 Å². The number of hydroxylamine groups is 2. The average Bonchev–Trinajstić information content (AvgIpc) is 2.37. The molecule has 0 aliphatic rings. The summed E-state index contributed by atoms with van der Waals surface area (Å²) >= 11 is 0. The van der Waals surface area contributed by atoms with Crippen LogP contribution in [0.15, 0.2) is 24.3 Å². The predicted molar refractivity (Wildman–Crippen MR) is 64.6 cm³/mol. The van der Waals surface area contributed by atoms with Crippen LogP contribution in [0.5, 0.6) is 5.75 Å². The molecular formula is C12H14N2O3. The zero-order valence-electron chi connectivity index (χ0n) is 9.77. The zero-order chi connectivity index (χ0) is 12.7. The monoisotopic (exact) mass is 234 g/mol. The van der Waals surface area contributed by atoms with E-state index in [0.717, 1.165) is 5.06 Å². The van der Waals surface area contributed by atoms with Gasteiger partial charge in [0.25, 0.3) is 0 Å². The van der Waals surface area contributed by atoms with Crippen molar-refractivity contribution in [3.8, 4) is 18.1 Å². The number of anilines is 1. The van der Waals surface area contributed by atoms with Gasteiger partial charge in [0.05, 0.1) is 7.11 Å². The molecule has 5 heteroatoms. The third-order valence-corrected chi connectivity index (χ3v) is 1.99. The highest BCUT2D eigenvalue weighted by atomic mass is 16.7. The van der Waals surface area contributed by atoms with Crippen molar-refractivity contribution in [1.29, 1.82) is 0 Å². The van der Waals surface area contributed by atoms with Crippen LogP contribution in [-0.4, -0.2) is 31.9 Å². The molecule has 0 saturated carbocycles. The molecule has 2 amide bonds.